The van der Waals surface area contributed by atoms with Crippen molar-refractivity contribution in [3.8, 4) is 23.0 Å². The molecule has 0 aliphatic carbocycles. The van der Waals surface area contributed by atoms with Gasteiger partial charge in [-0.3, -0.25) is 5.43 Å². The van der Waals surface area contributed by atoms with Crippen molar-refractivity contribution in [2.24, 2.45) is 5.10 Å². The van der Waals surface area contributed by atoms with E-state index in [0.29, 0.717) is 24.7 Å². The van der Waals surface area contributed by atoms with Crippen molar-refractivity contribution in [3.63, 3.8) is 0 Å². The normalized spacial score (nSPS) is 11.0. The Morgan fingerprint density at radius 2 is 1.73 bits per heavy atom. The number of benzene rings is 3. The van der Waals surface area contributed by atoms with Crippen molar-refractivity contribution in [1.29, 1.82) is 0 Å². The zero-order valence-electron chi connectivity index (χ0n) is 18.5. The molecule has 0 saturated heterocycles. The average molecular weight is 464 g/mol. The van der Waals surface area contributed by atoms with E-state index in [1.807, 2.05) is 66.7 Å². The van der Waals surface area contributed by atoms with Crippen LogP contribution in [0.15, 0.2) is 71.8 Å². The van der Waals surface area contributed by atoms with Crippen LogP contribution in [0.1, 0.15) is 12.0 Å². The van der Waals surface area contributed by atoms with Gasteiger partial charge in [-0.05, 0) is 48.0 Å². The number of anilines is 1. The Kier molecular flexibility index (Phi) is 7.60. The number of para-hydroxylation sites is 1. The van der Waals surface area contributed by atoms with Crippen LogP contribution in [0.5, 0.6) is 23.0 Å². The molecular formula is C25H25N3O4S. The maximum atomic E-state index is 5.88. The number of nitrogens with one attached hydrogen (secondary N) is 1. The molecular weight excluding hydrogens is 438 g/mol. The molecule has 3 aromatic carbocycles. The Balaban J connectivity index is 1.26. The van der Waals surface area contributed by atoms with Gasteiger partial charge in [0.2, 0.25) is 5.13 Å². The quantitative estimate of drug-likeness (QED) is 0.177. The number of hydrazone groups is 1. The predicted octanol–water partition coefficient (Wildman–Crippen LogP) is 5.61. The first-order valence-electron chi connectivity index (χ1n) is 10.5. The van der Waals surface area contributed by atoms with Gasteiger partial charge in [-0.2, -0.15) is 5.10 Å². The lowest BCUT2D eigenvalue weighted by Crippen LogP contribution is -2.06. The lowest BCUT2D eigenvalue weighted by atomic mass is 10.2. The lowest BCUT2D eigenvalue weighted by Gasteiger charge is -2.12. The van der Waals surface area contributed by atoms with Gasteiger partial charge in [0.05, 0.1) is 43.9 Å². The topological polar surface area (TPSA) is 74.2 Å². The van der Waals surface area contributed by atoms with E-state index in [1.54, 1.807) is 31.8 Å². The van der Waals surface area contributed by atoms with Crippen LogP contribution in [0, 0.1) is 0 Å². The van der Waals surface area contributed by atoms with Gasteiger partial charge in [-0.15, -0.1) is 0 Å². The number of fused-ring (bicyclic) bond motifs is 1. The summed E-state index contributed by atoms with van der Waals surface area (Å²) in [6.07, 6.45) is 2.45. The zero-order chi connectivity index (χ0) is 22.9. The SMILES string of the molecule is COc1cccc(OCCCOc2ccc(C=NNc3nc4ccccc4s3)cc2OC)c1. The fourth-order valence-corrected chi connectivity index (χ4v) is 3.90. The largest absolute Gasteiger partial charge is 0.497 e. The number of methoxy groups -OCH3 is 2. The summed E-state index contributed by atoms with van der Waals surface area (Å²) in [5, 5.41) is 5.04. The molecule has 0 spiro atoms. The molecule has 8 heteroatoms. The van der Waals surface area contributed by atoms with Crippen LogP contribution in [-0.4, -0.2) is 38.6 Å². The van der Waals surface area contributed by atoms with Gasteiger partial charge in [0.25, 0.3) is 0 Å². The number of ether oxygens (including phenoxy) is 4. The number of hydrogen-bond donors (Lipinski definition) is 1. The minimum Gasteiger partial charge on any atom is -0.497 e. The Labute approximate surface area is 196 Å². The molecule has 0 aliphatic rings. The molecule has 0 unspecified atom stereocenters. The Hall–Kier alpha value is -3.78. The second-order valence-electron chi connectivity index (χ2n) is 7.00. The molecule has 33 heavy (non-hydrogen) atoms. The summed E-state index contributed by atoms with van der Waals surface area (Å²) in [6.45, 7) is 1.05. The van der Waals surface area contributed by atoms with E-state index < -0.39 is 0 Å². The molecule has 0 saturated carbocycles. The standard InChI is InChI=1S/C25H25N3O4S/c1-29-19-7-5-8-20(16-19)31-13-6-14-32-22-12-11-18(15-23(22)30-2)17-26-28-25-27-21-9-3-4-10-24(21)33-25/h3-5,7-12,15-17H,6,13-14H2,1-2H3,(H,27,28). The molecule has 1 heterocycles. The molecule has 4 rings (SSSR count). The van der Waals surface area contributed by atoms with Crippen LogP contribution in [0.2, 0.25) is 0 Å². The van der Waals surface area contributed by atoms with Crippen molar-refractivity contribution in [3.05, 3.63) is 72.3 Å². The lowest BCUT2D eigenvalue weighted by molar-refractivity contribution is 0.240. The van der Waals surface area contributed by atoms with Gasteiger partial charge in [0.15, 0.2) is 11.5 Å². The van der Waals surface area contributed by atoms with E-state index in [2.05, 4.69) is 15.5 Å². The zero-order valence-corrected chi connectivity index (χ0v) is 19.3. The monoisotopic (exact) mass is 463 g/mol. The molecule has 0 amide bonds. The number of thiazole rings is 1. The van der Waals surface area contributed by atoms with Crippen molar-refractivity contribution in [1.82, 2.24) is 4.98 Å². The van der Waals surface area contributed by atoms with Crippen molar-refractivity contribution < 1.29 is 18.9 Å². The number of nitrogens with zero attached hydrogens (tertiary/aromatic N) is 2. The van der Waals surface area contributed by atoms with Gasteiger partial charge in [0, 0.05) is 12.5 Å². The minimum atomic E-state index is 0.507. The van der Waals surface area contributed by atoms with E-state index in [0.717, 1.165) is 38.8 Å². The summed E-state index contributed by atoms with van der Waals surface area (Å²) >= 11 is 1.56. The van der Waals surface area contributed by atoms with Crippen LogP contribution in [0.3, 0.4) is 0 Å². The molecule has 0 aliphatic heterocycles. The van der Waals surface area contributed by atoms with E-state index in [1.165, 1.54) is 0 Å². The first-order chi connectivity index (χ1) is 16.2. The molecule has 0 atom stereocenters. The number of aromatic nitrogens is 1. The van der Waals surface area contributed by atoms with Crippen LogP contribution < -0.4 is 24.4 Å². The second-order valence-corrected chi connectivity index (χ2v) is 8.03. The summed E-state index contributed by atoms with van der Waals surface area (Å²) in [4.78, 5) is 4.50. The molecule has 0 bridgehead atoms. The third-order valence-corrected chi connectivity index (χ3v) is 5.65. The summed E-state index contributed by atoms with van der Waals surface area (Å²) in [5.41, 5.74) is 4.83. The van der Waals surface area contributed by atoms with Crippen molar-refractivity contribution in [2.75, 3.05) is 32.9 Å². The molecule has 170 valence electrons. The van der Waals surface area contributed by atoms with E-state index in [-0.39, 0.29) is 0 Å². The molecule has 0 fully saturated rings. The Morgan fingerprint density at radius 3 is 2.58 bits per heavy atom. The number of hydrogen-bond acceptors (Lipinski definition) is 8. The molecule has 0 radical (unpaired) electrons. The maximum absolute atomic E-state index is 5.88. The van der Waals surface area contributed by atoms with Crippen LogP contribution >= 0.6 is 11.3 Å². The number of rotatable bonds is 11. The fourth-order valence-electron chi connectivity index (χ4n) is 3.09. The fraction of sp³-hybridized carbons (Fsp3) is 0.200. The minimum absolute atomic E-state index is 0.507. The van der Waals surface area contributed by atoms with Crippen molar-refractivity contribution in [2.45, 2.75) is 6.42 Å². The smallest absolute Gasteiger partial charge is 0.204 e. The van der Waals surface area contributed by atoms with E-state index in [9.17, 15) is 0 Å². The summed E-state index contributed by atoms with van der Waals surface area (Å²) < 4.78 is 23.4. The van der Waals surface area contributed by atoms with Gasteiger partial charge in [-0.1, -0.05) is 29.5 Å². The highest BCUT2D eigenvalue weighted by Crippen LogP contribution is 2.28. The molecule has 1 aromatic heterocycles. The van der Waals surface area contributed by atoms with Crippen LogP contribution in [0.4, 0.5) is 5.13 Å². The second kappa shape index (κ2) is 11.2. The highest BCUT2D eigenvalue weighted by Gasteiger charge is 2.06. The molecule has 1 N–H and O–H groups in total. The van der Waals surface area contributed by atoms with Gasteiger partial charge in [0.1, 0.15) is 11.5 Å². The first-order valence-corrected chi connectivity index (χ1v) is 11.3. The van der Waals surface area contributed by atoms with Gasteiger partial charge < -0.3 is 18.9 Å². The first kappa shape index (κ1) is 22.4. The maximum Gasteiger partial charge on any atom is 0.204 e. The third kappa shape index (κ3) is 6.14. The Morgan fingerprint density at radius 1 is 0.879 bits per heavy atom. The van der Waals surface area contributed by atoms with E-state index in [4.69, 9.17) is 18.9 Å². The summed E-state index contributed by atoms with van der Waals surface area (Å²) in [7, 11) is 3.25. The highest BCUT2D eigenvalue weighted by atomic mass is 32.1. The Bertz CT molecular complexity index is 1190. The van der Waals surface area contributed by atoms with Crippen LogP contribution in [-0.2, 0) is 0 Å². The van der Waals surface area contributed by atoms with Crippen molar-refractivity contribution >= 4 is 32.9 Å². The third-order valence-electron chi connectivity index (χ3n) is 4.71. The predicted molar refractivity (Wildman–Crippen MR) is 132 cm³/mol. The molecule has 7 nitrogen and oxygen atoms in total. The highest BCUT2D eigenvalue weighted by molar-refractivity contribution is 7.22. The summed E-state index contributed by atoms with van der Waals surface area (Å²) in [6, 6.07) is 21.2. The van der Waals surface area contributed by atoms with E-state index >= 15 is 0 Å². The average Bonchev–Trinajstić information content (AvgIpc) is 3.27. The van der Waals surface area contributed by atoms with Gasteiger partial charge >= 0.3 is 0 Å². The summed E-state index contributed by atoms with van der Waals surface area (Å²) in [5.74, 6) is 2.87. The van der Waals surface area contributed by atoms with Gasteiger partial charge in [-0.25, -0.2) is 4.98 Å². The molecule has 4 aromatic rings. The van der Waals surface area contributed by atoms with Crippen LogP contribution in [0.25, 0.3) is 10.2 Å².